The number of carboxylic acids is 1. The van der Waals surface area contributed by atoms with Crippen LogP contribution < -0.4 is 5.32 Å². The van der Waals surface area contributed by atoms with E-state index in [2.05, 4.69) is 5.32 Å². The van der Waals surface area contributed by atoms with Crippen LogP contribution in [0.3, 0.4) is 0 Å². The lowest BCUT2D eigenvalue weighted by atomic mass is 9.78. The molecule has 2 N–H and O–H groups in total. The lowest BCUT2D eigenvalue weighted by molar-refractivity contribution is -0.148. The summed E-state index contributed by atoms with van der Waals surface area (Å²) in [6.45, 7) is 1.29. The highest BCUT2D eigenvalue weighted by Crippen LogP contribution is 2.30. The molecule has 0 saturated heterocycles. The lowest BCUT2D eigenvalue weighted by Gasteiger charge is -2.27. The van der Waals surface area contributed by atoms with E-state index in [1.54, 1.807) is 7.11 Å². The highest BCUT2D eigenvalue weighted by atomic mass is 16.5. The SMILES string of the molecule is COCCCCNC(=O)[C@@H]1CCCC[C@@H]1C(=O)O. The molecule has 0 heterocycles. The summed E-state index contributed by atoms with van der Waals surface area (Å²) in [6, 6.07) is 0. The molecular formula is C13H23NO4. The minimum atomic E-state index is -0.839. The van der Waals surface area contributed by atoms with Crippen molar-refractivity contribution in [1.29, 1.82) is 0 Å². The van der Waals surface area contributed by atoms with Crippen LogP contribution in [-0.4, -0.2) is 37.2 Å². The number of rotatable bonds is 7. The Morgan fingerprint density at radius 3 is 2.50 bits per heavy atom. The number of carbonyl (C=O) groups excluding carboxylic acids is 1. The molecular weight excluding hydrogens is 234 g/mol. The molecule has 5 heteroatoms. The van der Waals surface area contributed by atoms with Crippen LogP contribution in [0.15, 0.2) is 0 Å². The smallest absolute Gasteiger partial charge is 0.307 e. The molecule has 0 aromatic rings. The molecule has 0 aromatic heterocycles. The molecule has 0 radical (unpaired) electrons. The van der Waals surface area contributed by atoms with Gasteiger partial charge in [-0.05, 0) is 25.7 Å². The number of methoxy groups -OCH3 is 1. The number of ether oxygens (including phenoxy) is 1. The number of nitrogens with one attached hydrogen (secondary N) is 1. The van der Waals surface area contributed by atoms with Crippen molar-refractivity contribution in [3.8, 4) is 0 Å². The van der Waals surface area contributed by atoms with Crippen molar-refractivity contribution in [2.75, 3.05) is 20.3 Å². The number of hydrogen-bond donors (Lipinski definition) is 2. The number of carbonyl (C=O) groups is 2. The molecule has 0 aliphatic heterocycles. The van der Waals surface area contributed by atoms with E-state index in [9.17, 15) is 9.59 Å². The van der Waals surface area contributed by atoms with Gasteiger partial charge in [-0.3, -0.25) is 9.59 Å². The van der Waals surface area contributed by atoms with Crippen LogP contribution in [-0.2, 0) is 14.3 Å². The molecule has 1 aliphatic carbocycles. The number of carboxylic acid groups (broad SMARTS) is 1. The Labute approximate surface area is 108 Å². The molecule has 1 fully saturated rings. The summed E-state index contributed by atoms with van der Waals surface area (Å²) in [7, 11) is 1.65. The topological polar surface area (TPSA) is 75.6 Å². The predicted octanol–water partition coefficient (Wildman–Crippen LogP) is 1.42. The van der Waals surface area contributed by atoms with Crippen molar-refractivity contribution >= 4 is 11.9 Å². The first-order chi connectivity index (χ1) is 8.66. The summed E-state index contributed by atoms with van der Waals surface area (Å²) in [5.74, 6) is -1.79. The van der Waals surface area contributed by atoms with Gasteiger partial charge in [-0.25, -0.2) is 0 Å². The average Bonchev–Trinajstić information content (AvgIpc) is 2.38. The maximum Gasteiger partial charge on any atom is 0.307 e. The standard InChI is InChI=1S/C13H23NO4/c1-18-9-5-4-8-14-12(15)10-6-2-3-7-11(10)13(16)17/h10-11H,2-9H2,1H3,(H,14,15)(H,16,17)/t10-,11+/m1/s1. The van der Waals surface area contributed by atoms with Gasteiger partial charge < -0.3 is 15.2 Å². The average molecular weight is 257 g/mol. The number of hydrogen-bond acceptors (Lipinski definition) is 3. The van der Waals surface area contributed by atoms with E-state index in [4.69, 9.17) is 9.84 Å². The molecule has 18 heavy (non-hydrogen) atoms. The van der Waals surface area contributed by atoms with E-state index in [0.717, 1.165) is 25.7 Å². The van der Waals surface area contributed by atoms with E-state index >= 15 is 0 Å². The molecule has 104 valence electrons. The fraction of sp³-hybridized carbons (Fsp3) is 0.846. The highest BCUT2D eigenvalue weighted by molar-refractivity contribution is 5.84. The highest BCUT2D eigenvalue weighted by Gasteiger charge is 2.35. The maximum atomic E-state index is 11.9. The summed E-state index contributed by atoms with van der Waals surface area (Å²) >= 11 is 0. The van der Waals surface area contributed by atoms with Gasteiger partial charge in [0.25, 0.3) is 0 Å². The van der Waals surface area contributed by atoms with Gasteiger partial charge >= 0.3 is 5.97 Å². The van der Waals surface area contributed by atoms with Crippen LogP contribution in [0, 0.1) is 11.8 Å². The summed E-state index contributed by atoms with van der Waals surface area (Å²) in [6.07, 6.45) is 4.95. The normalized spacial score (nSPS) is 23.6. The van der Waals surface area contributed by atoms with Gasteiger partial charge in [0.05, 0.1) is 11.8 Å². The lowest BCUT2D eigenvalue weighted by Crippen LogP contribution is -2.40. The Balaban J connectivity index is 2.32. The zero-order valence-corrected chi connectivity index (χ0v) is 11.0. The van der Waals surface area contributed by atoms with Crippen molar-refractivity contribution in [2.45, 2.75) is 38.5 Å². The third-order valence-corrected chi connectivity index (χ3v) is 3.49. The van der Waals surface area contributed by atoms with Crippen LogP contribution in [0.25, 0.3) is 0 Å². The molecule has 0 bridgehead atoms. The predicted molar refractivity (Wildman–Crippen MR) is 67.2 cm³/mol. The first-order valence-corrected chi connectivity index (χ1v) is 6.66. The molecule has 0 spiro atoms. The largest absolute Gasteiger partial charge is 0.481 e. The fourth-order valence-corrected chi connectivity index (χ4v) is 2.45. The monoisotopic (exact) mass is 257 g/mol. The van der Waals surface area contributed by atoms with Gasteiger partial charge in [0, 0.05) is 20.3 Å². The van der Waals surface area contributed by atoms with Crippen LogP contribution in [0.2, 0.25) is 0 Å². The third kappa shape index (κ3) is 4.64. The van der Waals surface area contributed by atoms with Crippen LogP contribution in [0.1, 0.15) is 38.5 Å². The molecule has 5 nitrogen and oxygen atoms in total. The van der Waals surface area contributed by atoms with Crippen molar-refractivity contribution in [1.82, 2.24) is 5.32 Å². The van der Waals surface area contributed by atoms with Gasteiger partial charge in [0.1, 0.15) is 0 Å². The minimum absolute atomic E-state index is 0.0977. The van der Waals surface area contributed by atoms with Gasteiger partial charge in [0.15, 0.2) is 0 Å². The molecule has 1 amide bonds. The molecule has 1 rings (SSSR count). The number of aliphatic carboxylic acids is 1. The first kappa shape index (κ1) is 15.0. The number of unbranched alkanes of at least 4 members (excludes halogenated alkanes) is 1. The summed E-state index contributed by atoms with van der Waals surface area (Å²) in [5.41, 5.74) is 0. The van der Waals surface area contributed by atoms with E-state index in [1.807, 2.05) is 0 Å². The van der Waals surface area contributed by atoms with Gasteiger partial charge in [-0.15, -0.1) is 0 Å². The van der Waals surface area contributed by atoms with E-state index in [1.165, 1.54) is 0 Å². The second-order valence-electron chi connectivity index (χ2n) is 4.83. The Morgan fingerprint density at radius 1 is 1.22 bits per heavy atom. The fourth-order valence-electron chi connectivity index (χ4n) is 2.45. The minimum Gasteiger partial charge on any atom is -0.481 e. The Bertz CT molecular complexity index is 280. The van der Waals surface area contributed by atoms with Crippen molar-refractivity contribution < 1.29 is 19.4 Å². The maximum absolute atomic E-state index is 11.9. The van der Waals surface area contributed by atoms with Crippen LogP contribution in [0.4, 0.5) is 0 Å². The third-order valence-electron chi connectivity index (χ3n) is 3.49. The summed E-state index contributed by atoms with van der Waals surface area (Å²) < 4.78 is 4.92. The summed E-state index contributed by atoms with van der Waals surface area (Å²) in [5, 5.41) is 11.9. The Kier molecular flexibility index (Phi) is 6.72. The first-order valence-electron chi connectivity index (χ1n) is 6.66. The molecule has 1 aliphatic rings. The molecule has 1 saturated carbocycles. The Morgan fingerprint density at radius 2 is 1.89 bits per heavy atom. The van der Waals surface area contributed by atoms with Crippen molar-refractivity contribution in [3.63, 3.8) is 0 Å². The second kappa shape index (κ2) is 8.08. The zero-order valence-electron chi connectivity index (χ0n) is 11.0. The Hall–Kier alpha value is -1.10. The number of amides is 1. The van der Waals surface area contributed by atoms with Gasteiger partial charge in [0.2, 0.25) is 5.91 Å². The van der Waals surface area contributed by atoms with E-state index in [-0.39, 0.29) is 11.8 Å². The quantitative estimate of drug-likeness (QED) is 0.676. The molecule has 0 unspecified atom stereocenters. The van der Waals surface area contributed by atoms with Crippen LogP contribution >= 0.6 is 0 Å². The zero-order chi connectivity index (χ0) is 13.4. The van der Waals surface area contributed by atoms with Crippen molar-refractivity contribution in [3.05, 3.63) is 0 Å². The van der Waals surface area contributed by atoms with Gasteiger partial charge in [-0.2, -0.15) is 0 Å². The van der Waals surface area contributed by atoms with E-state index < -0.39 is 11.9 Å². The van der Waals surface area contributed by atoms with Crippen LogP contribution in [0.5, 0.6) is 0 Å². The second-order valence-corrected chi connectivity index (χ2v) is 4.83. The molecule has 2 atom stereocenters. The van der Waals surface area contributed by atoms with E-state index in [0.29, 0.717) is 26.0 Å². The summed E-state index contributed by atoms with van der Waals surface area (Å²) in [4.78, 5) is 23.0. The van der Waals surface area contributed by atoms with Gasteiger partial charge in [-0.1, -0.05) is 12.8 Å². The molecule has 0 aromatic carbocycles. The van der Waals surface area contributed by atoms with Crippen molar-refractivity contribution in [2.24, 2.45) is 11.8 Å².